The van der Waals surface area contributed by atoms with Gasteiger partial charge in [0.1, 0.15) is 11.6 Å². The number of nitrogen functional groups attached to an aromatic ring is 1. The molecule has 1 saturated carbocycles. The van der Waals surface area contributed by atoms with Gasteiger partial charge in [0.15, 0.2) is 11.5 Å². The van der Waals surface area contributed by atoms with Gasteiger partial charge in [-0.2, -0.15) is 5.10 Å². The third kappa shape index (κ3) is 3.22. The molecule has 0 atom stereocenters. The highest BCUT2D eigenvalue weighted by atomic mass is 16.5. The van der Waals surface area contributed by atoms with E-state index in [1.165, 1.54) is 12.8 Å². The van der Waals surface area contributed by atoms with Crippen molar-refractivity contribution in [3.63, 3.8) is 0 Å². The van der Waals surface area contributed by atoms with Crippen LogP contribution >= 0.6 is 0 Å². The van der Waals surface area contributed by atoms with Crippen molar-refractivity contribution in [1.29, 1.82) is 0 Å². The fourth-order valence-corrected chi connectivity index (χ4v) is 3.80. The molecule has 4 rings (SSSR count). The Balaban J connectivity index is 1.87. The molecular weight excluding hydrogens is 340 g/mol. The van der Waals surface area contributed by atoms with Gasteiger partial charge in [-0.3, -0.25) is 4.98 Å². The average molecular weight is 366 g/mol. The van der Waals surface area contributed by atoms with Gasteiger partial charge in [0, 0.05) is 6.20 Å². The first-order valence-corrected chi connectivity index (χ1v) is 9.84. The molecule has 7 nitrogen and oxygen atoms in total. The van der Waals surface area contributed by atoms with E-state index in [0.29, 0.717) is 30.0 Å². The van der Waals surface area contributed by atoms with Crippen LogP contribution in [0.1, 0.15) is 57.7 Å². The van der Waals surface area contributed by atoms with E-state index in [-0.39, 0.29) is 0 Å². The molecule has 7 heteroatoms. The molecule has 0 saturated heterocycles. The number of hydrogen-bond acceptors (Lipinski definition) is 6. The average Bonchev–Trinajstić information content (AvgIpc) is 3.34. The van der Waals surface area contributed by atoms with Crippen molar-refractivity contribution in [3.8, 4) is 17.1 Å². The quantitative estimate of drug-likeness (QED) is 0.710. The van der Waals surface area contributed by atoms with Crippen LogP contribution in [-0.2, 0) is 6.42 Å². The number of hydrogen-bond donors (Lipinski definition) is 1. The van der Waals surface area contributed by atoms with Gasteiger partial charge in [-0.1, -0.05) is 26.7 Å². The van der Waals surface area contributed by atoms with Crippen molar-refractivity contribution in [1.82, 2.24) is 24.7 Å². The van der Waals surface area contributed by atoms with Gasteiger partial charge < -0.3 is 10.5 Å². The second-order valence-corrected chi connectivity index (χ2v) is 7.03. The molecule has 3 aromatic heterocycles. The zero-order valence-electron chi connectivity index (χ0n) is 16.0. The Hall–Kier alpha value is -2.70. The zero-order valence-corrected chi connectivity index (χ0v) is 16.0. The number of aryl methyl sites for hydroxylation is 1. The van der Waals surface area contributed by atoms with E-state index in [1.54, 1.807) is 12.4 Å². The topological polar surface area (TPSA) is 91.7 Å². The number of ether oxygens (including phenoxy) is 1. The van der Waals surface area contributed by atoms with Gasteiger partial charge >= 0.3 is 0 Å². The molecule has 0 aromatic carbocycles. The lowest BCUT2D eigenvalue weighted by Crippen LogP contribution is -2.09. The lowest BCUT2D eigenvalue weighted by Gasteiger charge is -2.12. The highest BCUT2D eigenvalue weighted by Gasteiger charge is 2.25. The Morgan fingerprint density at radius 2 is 2.04 bits per heavy atom. The second kappa shape index (κ2) is 7.50. The largest absolute Gasteiger partial charge is 0.491 e. The number of anilines is 1. The molecule has 0 spiro atoms. The minimum Gasteiger partial charge on any atom is -0.491 e. The van der Waals surface area contributed by atoms with E-state index in [0.717, 1.165) is 48.0 Å². The van der Waals surface area contributed by atoms with E-state index in [1.807, 2.05) is 6.07 Å². The molecule has 0 bridgehead atoms. The summed E-state index contributed by atoms with van der Waals surface area (Å²) in [6, 6.07) is 2.27. The summed E-state index contributed by atoms with van der Waals surface area (Å²) >= 11 is 0. The minimum atomic E-state index is 0.392. The fourth-order valence-electron chi connectivity index (χ4n) is 3.80. The fraction of sp³-hybridized carbons (Fsp3) is 0.500. The maximum absolute atomic E-state index is 6.37. The lowest BCUT2D eigenvalue weighted by molar-refractivity contribution is 0.317. The van der Waals surface area contributed by atoms with Crippen LogP contribution in [0, 0.1) is 0 Å². The lowest BCUT2D eigenvalue weighted by atomic mass is 10.2. The number of aromatic nitrogens is 5. The first kappa shape index (κ1) is 17.7. The van der Waals surface area contributed by atoms with E-state index < -0.39 is 0 Å². The van der Waals surface area contributed by atoms with E-state index >= 15 is 0 Å². The van der Waals surface area contributed by atoms with Gasteiger partial charge in [-0.25, -0.2) is 14.6 Å². The third-order valence-corrected chi connectivity index (χ3v) is 5.14. The molecule has 1 aliphatic carbocycles. The predicted octanol–water partition coefficient (Wildman–Crippen LogP) is 3.94. The van der Waals surface area contributed by atoms with Crippen molar-refractivity contribution < 1.29 is 4.74 Å². The standard InChI is InChI=1S/C20H26N6O/c1-3-11-27-16-12-22-10-9-14(16)19-23-18(21)17-15(4-2)25-26(20(17)24-19)13-7-5-6-8-13/h9-10,12-13H,3-8,11H2,1-2H3,(H2,21,23,24). The highest BCUT2D eigenvalue weighted by Crippen LogP contribution is 2.35. The first-order chi connectivity index (χ1) is 13.2. The Morgan fingerprint density at radius 3 is 2.78 bits per heavy atom. The van der Waals surface area contributed by atoms with Crippen LogP contribution < -0.4 is 10.5 Å². The van der Waals surface area contributed by atoms with Gasteiger partial charge in [0.2, 0.25) is 0 Å². The number of nitrogens with zero attached hydrogens (tertiary/aromatic N) is 5. The van der Waals surface area contributed by atoms with Gasteiger partial charge in [0.05, 0.1) is 35.5 Å². The Bertz CT molecular complexity index is 945. The van der Waals surface area contributed by atoms with E-state index in [2.05, 4.69) is 28.5 Å². The summed E-state index contributed by atoms with van der Waals surface area (Å²) in [6.45, 7) is 4.78. The molecule has 0 aliphatic heterocycles. The van der Waals surface area contributed by atoms with Crippen LogP contribution in [0.25, 0.3) is 22.4 Å². The van der Waals surface area contributed by atoms with Crippen LogP contribution in [0.5, 0.6) is 5.75 Å². The van der Waals surface area contributed by atoms with Crippen molar-refractivity contribution >= 4 is 16.9 Å². The Morgan fingerprint density at radius 1 is 1.22 bits per heavy atom. The number of rotatable bonds is 6. The molecule has 0 unspecified atom stereocenters. The summed E-state index contributed by atoms with van der Waals surface area (Å²) in [5, 5.41) is 5.74. The maximum atomic E-state index is 6.37. The molecule has 142 valence electrons. The van der Waals surface area contributed by atoms with Crippen molar-refractivity contribution in [2.75, 3.05) is 12.3 Å². The van der Waals surface area contributed by atoms with Gasteiger partial charge in [-0.05, 0) is 31.7 Å². The number of fused-ring (bicyclic) bond motifs is 1. The predicted molar refractivity (Wildman–Crippen MR) is 106 cm³/mol. The van der Waals surface area contributed by atoms with Crippen molar-refractivity contribution in [2.45, 2.75) is 58.4 Å². The molecule has 0 radical (unpaired) electrons. The summed E-state index contributed by atoms with van der Waals surface area (Å²) in [5.74, 6) is 1.73. The van der Waals surface area contributed by atoms with Crippen LogP contribution in [0.4, 0.5) is 5.82 Å². The zero-order chi connectivity index (χ0) is 18.8. The summed E-state index contributed by atoms with van der Waals surface area (Å²) in [7, 11) is 0. The van der Waals surface area contributed by atoms with Gasteiger partial charge in [0.25, 0.3) is 0 Å². The second-order valence-electron chi connectivity index (χ2n) is 7.03. The van der Waals surface area contributed by atoms with Crippen molar-refractivity contribution in [3.05, 3.63) is 24.2 Å². The van der Waals surface area contributed by atoms with Crippen LogP contribution in [-0.4, -0.2) is 31.3 Å². The SMILES string of the molecule is CCCOc1cnccc1-c1nc(N)c2c(CC)nn(C3CCCC3)c2n1. The minimum absolute atomic E-state index is 0.392. The molecule has 1 fully saturated rings. The summed E-state index contributed by atoms with van der Waals surface area (Å²) in [6.07, 6.45) is 9.91. The molecule has 27 heavy (non-hydrogen) atoms. The maximum Gasteiger partial charge on any atom is 0.167 e. The van der Waals surface area contributed by atoms with Crippen LogP contribution in [0.15, 0.2) is 18.5 Å². The van der Waals surface area contributed by atoms with Crippen LogP contribution in [0.3, 0.4) is 0 Å². The molecule has 3 heterocycles. The summed E-state index contributed by atoms with van der Waals surface area (Å²) in [5.41, 5.74) is 8.98. The molecule has 2 N–H and O–H groups in total. The van der Waals surface area contributed by atoms with Crippen LogP contribution in [0.2, 0.25) is 0 Å². The van der Waals surface area contributed by atoms with Gasteiger partial charge in [-0.15, -0.1) is 0 Å². The smallest absolute Gasteiger partial charge is 0.167 e. The van der Waals surface area contributed by atoms with E-state index in [9.17, 15) is 0 Å². The summed E-state index contributed by atoms with van der Waals surface area (Å²) < 4.78 is 7.92. The Kier molecular flexibility index (Phi) is 4.92. The normalized spacial score (nSPS) is 14.9. The Labute approximate surface area is 159 Å². The molecule has 3 aromatic rings. The molecule has 1 aliphatic rings. The van der Waals surface area contributed by atoms with E-state index in [4.69, 9.17) is 20.6 Å². The monoisotopic (exact) mass is 366 g/mol. The highest BCUT2D eigenvalue weighted by molar-refractivity contribution is 5.90. The van der Waals surface area contributed by atoms with Crippen molar-refractivity contribution in [2.24, 2.45) is 0 Å². The number of nitrogens with two attached hydrogens (primary N) is 1. The molecular formula is C20H26N6O. The first-order valence-electron chi connectivity index (χ1n) is 9.84. The third-order valence-electron chi connectivity index (χ3n) is 5.14. The molecule has 0 amide bonds. The number of pyridine rings is 1. The summed E-state index contributed by atoms with van der Waals surface area (Å²) in [4.78, 5) is 13.7.